The Morgan fingerprint density at radius 2 is 2.05 bits per heavy atom. The van der Waals surface area contributed by atoms with Gasteiger partial charge in [0.05, 0.1) is 9.90 Å². The predicted octanol–water partition coefficient (Wildman–Crippen LogP) is 4.41. The van der Waals surface area contributed by atoms with Crippen LogP contribution in [0.1, 0.15) is 15.2 Å². The Bertz CT molecular complexity index is 598. The summed E-state index contributed by atoms with van der Waals surface area (Å²) in [4.78, 5) is 12.3. The highest BCUT2D eigenvalue weighted by Crippen LogP contribution is 2.23. The molecule has 1 aromatic heterocycles. The molecule has 3 nitrogen and oxygen atoms in total. The van der Waals surface area contributed by atoms with E-state index >= 15 is 0 Å². The number of benzene rings is 1. The molecule has 0 aliphatic carbocycles. The zero-order valence-electron chi connectivity index (χ0n) is 9.82. The lowest BCUT2D eigenvalue weighted by atomic mass is 10.1. The van der Waals surface area contributed by atoms with Gasteiger partial charge in [-0.3, -0.25) is 0 Å². The number of nitrogens with one attached hydrogen (secondary N) is 1. The largest absolute Gasteiger partial charge is 0.478 e. The highest BCUT2D eigenvalue weighted by atomic mass is 35.5. The van der Waals surface area contributed by atoms with Gasteiger partial charge in [0.25, 0.3) is 0 Å². The highest BCUT2D eigenvalue weighted by molar-refractivity contribution is 7.16. The molecule has 0 atom stereocenters. The minimum absolute atomic E-state index is 0.178. The molecule has 100 valence electrons. The van der Waals surface area contributed by atoms with Crippen LogP contribution in [0.3, 0.4) is 0 Å². The number of thiophene rings is 1. The van der Waals surface area contributed by atoms with Gasteiger partial charge in [0.15, 0.2) is 0 Å². The van der Waals surface area contributed by atoms with E-state index < -0.39 is 5.97 Å². The average molecular weight is 316 g/mol. The van der Waals surface area contributed by atoms with Gasteiger partial charge in [-0.2, -0.15) is 0 Å². The maximum atomic E-state index is 11.1. The van der Waals surface area contributed by atoms with Crippen molar-refractivity contribution in [3.8, 4) is 0 Å². The molecule has 0 aliphatic heterocycles. The Morgan fingerprint density at radius 1 is 1.26 bits per heavy atom. The maximum Gasteiger partial charge on any atom is 0.337 e. The molecule has 2 N–H and O–H groups in total. The summed E-state index contributed by atoms with van der Waals surface area (Å²) in [5.41, 5.74) is 0.747. The standard InChI is InChI=1S/C13H11Cl2NO2S/c14-8-1-3-11(10(7-8)13(17)18)16-6-5-9-2-4-12(15)19-9/h1-4,7,16H,5-6H2,(H,17,18). The van der Waals surface area contributed by atoms with E-state index in [9.17, 15) is 4.79 Å². The minimum atomic E-state index is -0.996. The SMILES string of the molecule is O=C(O)c1cc(Cl)ccc1NCCc1ccc(Cl)s1. The molecule has 0 saturated heterocycles. The van der Waals surface area contributed by atoms with Crippen molar-refractivity contribution in [2.24, 2.45) is 0 Å². The number of hydrogen-bond donors (Lipinski definition) is 2. The molecular formula is C13H11Cl2NO2S. The number of carbonyl (C=O) groups is 1. The summed E-state index contributed by atoms with van der Waals surface area (Å²) in [5, 5.41) is 12.6. The van der Waals surface area contributed by atoms with Crippen molar-refractivity contribution in [2.45, 2.75) is 6.42 Å². The van der Waals surface area contributed by atoms with E-state index in [1.54, 1.807) is 12.1 Å². The number of hydrogen-bond acceptors (Lipinski definition) is 3. The van der Waals surface area contributed by atoms with Crippen LogP contribution in [0.5, 0.6) is 0 Å². The van der Waals surface area contributed by atoms with E-state index in [1.165, 1.54) is 17.4 Å². The monoisotopic (exact) mass is 315 g/mol. The second kappa shape index (κ2) is 6.28. The Balaban J connectivity index is 2.01. The zero-order chi connectivity index (χ0) is 13.8. The molecule has 1 aromatic carbocycles. The Morgan fingerprint density at radius 3 is 2.68 bits per heavy atom. The molecule has 19 heavy (non-hydrogen) atoms. The van der Waals surface area contributed by atoms with Gasteiger partial charge in [-0.15, -0.1) is 11.3 Å². The quantitative estimate of drug-likeness (QED) is 0.859. The van der Waals surface area contributed by atoms with Gasteiger partial charge in [0, 0.05) is 22.1 Å². The Hall–Kier alpha value is -1.23. The van der Waals surface area contributed by atoms with E-state index in [1.807, 2.05) is 12.1 Å². The lowest BCUT2D eigenvalue weighted by molar-refractivity contribution is 0.0698. The van der Waals surface area contributed by atoms with E-state index in [0.29, 0.717) is 17.3 Å². The Labute approximate surface area is 124 Å². The lowest BCUT2D eigenvalue weighted by Crippen LogP contribution is -2.09. The molecule has 1 heterocycles. The van der Waals surface area contributed by atoms with Crippen molar-refractivity contribution < 1.29 is 9.90 Å². The van der Waals surface area contributed by atoms with Gasteiger partial charge in [0.2, 0.25) is 0 Å². The summed E-state index contributed by atoms with van der Waals surface area (Å²) >= 11 is 13.2. The van der Waals surface area contributed by atoms with Crippen molar-refractivity contribution in [3.05, 3.63) is 50.1 Å². The van der Waals surface area contributed by atoms with Crippen LogP contribution in [0.4, 0.5) is 5.69 Å². The molecule has 0 radical (unpaired) electrons. The normalized spacial score (nSPS) is 10.4. The number of carboxylic acid groups (broad SMARTS) is 1. The van der Waals surface area contributed by atoms with Crippen molar-refractivity contribution in [1.29, 1.82) is 0 Å². The van der Waals surface area contributed by atoms with Crippen LogP contribution >= 0.6 is 34.5 Å². The van der Waals surface area contributed by atoms with Crippen LogP contribution in [0.15, 0.2) is 30.3 Å². The molecular weight excluding hydrogens is 305 g/mol. The fourth-order valence-corrected chi connectivity index (χ4v) is 2.91. The summed E-state index contributed by atoms with van der Waals surface area (Å²) < 4.78 is 0.757. The second-order valence-corrected chi connectivity index (χ2v) is 6.11. The first-order chi connectivity index (χ1) is 9.06. The van der Waals surface area contributed by atoms with Crippen molar-refractivity contribution in [3.63, 3.8) is 0 Å². The minimum Gasteiger partial charge on any atom is -0.478 e. The number of aromatic carboxylic acids is 1. The topological polar surface area (TPSA) is 49.3 Å². The average Bonchev–Trinajstić information content (AvgIpc) is 2.77. The van der Waals surface area contributed by atoms with Crippen molar-refractivity contribution in [1.82, 2.24) is 0 Å². The molecule has 0 fully saturated rings. The molecule has 6 heteroatoms. The molecule has 2 aromatic rings. The van der Waals surface area contributed by atoms with Crippen LogP contribution in [0.2, 0.25) is 9.36 Å². The van der Waals surface area contributed by atoms with Gasteiger partial charge in [-0.1, -0.05) is 23.2 Å². The second-order valence-electron chi connectivity index (χ2n) is 3.88. The summed E-state index contributed by atoms with van der Waals surface area (Å²) in [7, 11) is 0. The van der Waals surface area contributed by atoms with E-state index in [0.717, 1.165) is 15.6 Å². The van der Waals surface area contributed by atoms with Crippen LogP contribution < -0.4 is 5.32 Å². The third-order valence-corrected chi connectivity index (χ3v) is 4.05. The van der Waals surface area contributed by atoms with Crippen LogP contribution in [0.25, 0.3) is 0 Å². The summed E-state index contributed by atoms with van der Waals surface area (Å²) in [6.07, 6.45) is 0.791. The third kappa shape index (κ3) is 3.86. The molecule has 0 bridgehead atoms. The van der Waals surface area contributed by atoms with Gasteiger partial charge in [0.1, 0.15) is 0 Å². The van der Waals surface area contributed by atoms with Crippen LogP contribution in [-0.2, 0) is 6.42 Å². The fourth-order valence-electron chi connectivity index (χ4n) is 1.65. The first-order valence-electron chi connectivity index (χ1n) is 5.57. The van der Waals surface area contributed by atoms with Crippen molar-refractivity contribution in [2.75, 3.05) is 11.9 Å². The number of anilines is 1. The number of rotatable bonds is 5. The van der Waals surface area contributed by atoms with Gasteiger partial charge >= 0.3 is 5.97 Å². The highest BCUT2D eigenvalue weighted by Gasteiger charge is 2.10. The van der Waals surface area contributed by atoms with Crippen molar-refractivity contribution >= 4 is 46.2 Å². The first-order valence-corrected chi connectivity index (χ1v) is 7.14. The summed E-state index contributed by atoms with van der Waals surface area (Å²) in [5.74, 6) is -0.996. The fraction of sp³-hybridized carbons (Fsp3) is 0.154. The smallest absolute Gasteiger partial charge is 0.337 e. The molecule has 0 aliphatic rings. The van der Waals surface area contributed by atoms with E-state index in [4.69, 9.17) is 28.3 Å². The number of halogens is 2. The number of carboxylic acids is 1. The molecule has 0 saturated carbocycles. The Kier molecular flexibility index (Phi) is 4.69. The molecule has 0 unspecified atom stereocenters. The van der Waals surface area contributed by atoms with Gasteiger partial charge in [-0.25, -0.2) is 4.79 Å². The molecule has 0 spiro atoms. The molecule has 2 rings (SSSR count). The van der Waals surface area contributed by atoms with E-state index in [-0.39, 0.29) is 5.56 Å². The van der Waals surface area contributed by atoms with Gasteiger partial charge in [-0.05, 0) is 36.8 Å². The molecule has 0 amide bonds. The summed E-state index contributed by atoms with van der Waals surface area (Å²) in [6, 6.07) is 8.60. The summed E-state index contributed by atoms with van der Waals surface area (Å²) in [6.45, 7) is 0.638. The predicted molar refractivity (Wildman–Crippen MR) is 79.9 cm³/mol. The lowest BCUT2D eigenvalue weighted by Gasteiger charge is -2.09. The van der Waals surface area contributed by atoms with E-state index in [2.05, 4.69) is 5.32 Å². The first kappa shape index (κ1) is 14.2. The zero-order valence-corrected chi connectivity index (χ0v) is 12.1. The van der Waals surface area contributed by atoms with Gasteiger partial charge < -0.3 is 10.4 Å². The van der Waals surface area contributed by atoms with Crippen LogP contribution in [0, 0.1) is 0 Å². The third-order valence-electron chi connectivity index (χ3n) is 2.53. The maximum absolute atomic E-state index is 11.1. The van der Waals surface area contributed by atoms with Crippen LogP contribution in [-0.4, -0.2) is 17.6 Å².